The first-order chi connectivity index (χ1) is 11.6. The summed E-state index contributed by atoms with van der Waals surface area (Å²) >= 11 is 1.27. The number of ether oxygens (including phenoxy) is 4. The van der Waals surface area contributed by atoms with Gasteiger partial charge in [0.2, 0.25) is 10.1 Å². The van der Waals surface area contributed by atoms with Crippen molar-refractivity contribution in [2.45, 2.75) is 11.3 Å². The van der Waals surface area contributed by atoms with E-state index in [4.69, 9.17) is 18.9 Å². The molecule has 0 aliphatic heterocycles. The molecule has 1 atom stereocenters. The Hall–Kier alpha value is -1.71. The second-order valence-corrected chi connectivity index (χ2v) is 7.26. The number of hydrogen-bond donors (Lipinski definition) is 0. The molecule has 0 aliphatic rings. The van der Waals surface area contributed by atoms with Crippen LogP contribution >= 0.6 is 11.3 Å². The highest BCUT2D eigenvalue weighted by Gasteiger charge is 2.18. The van der Waals surface area contributed by atoms with E-state index < -0.39 is 10.8 Å². The fourth-order valence-electron chi connectivity index (χ4n) is 1.99. The van der Waals surface area contributed by atoms with E-state index in [1.54, 1.807) is 33.5 Å². The Morgan fingerprint density at radius 2 is 1.75 bits per heavy atom. The summed E-state index contributed by atoms with van der Waals surface area (Å²) in [5.41, 5.74) is 0.759. The molecule has 1 heterocycles. The average Bonchev–Trinajstić information content (AvgIpc) is 3.10. The fraction of sp³-hybridized carbons (Fsp3) is 0.467. The van der Waals surface area contributed by atoms with E-state index in [0.717, 1.165) is 5.56 Å². The van der Waals surface area contributed by atoms with Crippen LogP contribution in [0.4, 0.5) is 0 Å². The number of hydrogen-bond acceptors (Lipinski definition) is 8. The molecule has 0 amide bonds. The Balaban J connectivity index is 2.28. The molecule has 24 heavy (non-hydrogen) atoms. The molecule has 9 heteroatoms. The molecule has 1 aromatic carbocycles. The van der Waals surface area contributed by atoms with Crippen LogP contribution < -0.4 is 14.2 Å². The van der Waals surface area contributed by atoms with Crippen molar-refractivity contribution < 1.29 is 23.2 Å². The van der Waals surface area contributed by atoms with Crippen molar-refractivity contribution in [3.8, 4) is 27.8 Å². The minimum absolute atomic E-state index is 0.401. The number of benzene rings is 1. The summed E-state index contributed by atoms with van der Waals surface area (Å²) < 4.78 is 33.8. The second kappa shape index (κ2) is 8.95. The SMILES string of the molecule is CCOCCS(=O)c1nnc(-c2cc(OC)c(OC)c(OC)c2)s1. The van der Waals surface area contributed by atoms with Crippen LogP contribution in [0, 0.1) is 0 Å². The molecule has 0 spiro atoms. The molecule has 7 nitrogen and oxygen atoms in total. The zero-order valence-corrected chi connectivity index (χ0v) is 15.7. The summed E-state index contributed by atoms with van der Waals surface area (Å²) in [4.78, 5) is 0. The zero-order chi connectivity index (χ0) is 17.5. The number of aromatic nitrogens is 2. The van der Waals surface area contributed by atoms with Gasteiger partial charge in [0, 0.05) is 12.2 Å². The van der Waals surface area contributed by atoms with Gasteiger partial charge in [-0.1, -0.05) is 11.3 Å². The van der Waals surface area contributed by atoms with Gasteiger partial charge >= 0.3 is 0 Å². The molecule has 0 aliphatic carbocycles. The van der Waals surface area contributed by atoms with Crippen LogP contribution in [0.2, 0.25) is 0 Å². The van der Waals surface area contributed by atoms with Crippen LogP contribution in [0.1, 0.15) is 6.92 Å². The van der Waals surface area contributed by atoms with E-state index in [2.05, 4.69) is 10.2 Å². The largest absolute Gasteiger partial charge is 0.493 e. The molecule has 2 aromatic rings. The average molecular weight is 372 g/mol. The van der Waals surface area contributed by atoms with Gasteiger partial charge in [-0.05, 0) is 19.1 Å². The molecule has 0 fully saturated rings. The monoisotopic (exact) mass is 372 g/mol. The van der Waals surface area contributed by atoms with E-state index in [-0.39, 0.29) is 0 Å². The standard InChI is InChI=1S/C15H20N2O5S2/c1-5-22-6-7-24(18)15-17-16-14(23-15)10-8-11(19-2)13(21-4)12(9-10)20-3/h8-9H,5-7H2,1-4H3. The molecule has 1 aromatic heterocycles. The topological polar surface area (TPSA) is 79.8 Å². The third kappa shape index (κ3) is 4.22. The van der Waals surface area contributed by atoms with Crippen molar-refractivity contribution in [2.24, 2.45) is 0 Å². The molecule has 0 saturated carbocycles. The van der Waals surface area contributed by atoms with Gasteiger partial charge in [-0.3, -0.25) is 4.21 Å². The lowest BCUT2D eigenvalue weighted by Crippen LogP contribution is -2.05. The van der Waals surface area contributed by atoms with Crippen LogP contribution in [0.15, 0.2) is 16.5 Å². The minimum atomic E-state index is -1.23. The Kier molecular flexibility index (Phi) is 6.95. The maximum atomic E-state index is 12.2. The Bertz CT molecular complexity index is 680. The minimum Gasteiger partial charge on any atom is -0.493 e. The molecule has 0 saturated heterocycles. The summed E-state index contributed by atoms with van der Waals surface area (Å²) in [6, 6.07) is 3.57. The van der Waals surface area contributed by atoms with Gasteiger partial charge in [-0.15, -0.1) is 10.2 Å². The second-order valence-electron chi connectivity index (χ2n) is 4.53. The first-order valence-corrected chi connectivity index (χ1v) is 9.38. The van der Waals surface area contributed by atoms with Crippen molar-refractivity contribution in [3.05, 3.63) is 12.1 Å². The highest BCUT2D eigenvalue weighted by molar-refractivity contribution is 7.87. The molecule has 0 N–H and O–H groups in total. The smallest absolute Gasteiger partial charge is 0.205 e. The van der Waals surface area contributed by atoms with Gasteiger partial charge in [0.05, 0.1) is 44.5 Å². The first-order valence-electron chi connectivity index (χ1n) is 7.24. The third-order valence-corrected chi connectivity index (χ3v) is 5.71. The highest BCUT2D eigenvalue weighted by atomic mass is 32.2. The molecule has 0 radical (unpaired) electrons. The van der Waals surface area contributed by atoms with E-state index >= 15 is 0 Å². The van der Waals surface area contributed by atoms with Gasteiger partial charge in [0.25, 0.3) is 0 Å². The molecule has 0 bridgehead atoms. The molecular weight excluding hydrogens is 352 g/mol. The maximum Gasteiger partial charge on any atom is 0.205 e. The van der Waals surface area contributed by atoms with Gasteiger partial charge in [0.1, 0.15) is 5.01 Å². The Labute approximate surface area is 147 Å². The lowest BCUT2D eigenvalue weighted by molar-refractivity contribution is 0.164. The van der Waals surface area contributed by atoms with Crippen LogP contribution in [0.5, 0.6) is 17.2 Å². The van der Waals surface area contributed by atoms with E-state index in [9.17, 15) is 4.21 Å². The van der Waals surface area contributed by atoms with Gasteiger partial charge in [-0.2, -0.15) is 0 Å². The van der Waals surface area contributed by atoms with Crippen LogP contribution in [0.25, 0.3) is 10.6 Å². The van der Waals surface area contributed by atoms with Crippen LogP contribution in [-0.2, 0) is 15.5 Å². The van der Waals surface area contributed by atoms with Crippen molar-refractivity contribution >= 4 is 22.1 Å². The van der Waals surface area contributed by atoms with Crippen molar-refractivity contribution in [3.63, 3.8) is 0 Å². The quantitative estimate of drug-likeness (QED) is 0.625. The summed E-state index contributed by atoms with van der Waals surface area (Å²) in [5.74, 6) is 1.97. The van der Waals surface area contributed by atoms with Crippen LogP contribution in [-0.4, -0.2) is 54.7 Å². The van der Waals surface area contributed by atoms with E-state index in [0.29, 0.717) is 45.6 Å². The van der Waals surface area contributed by atoms with Gasteiger partial charge in [0.15, 0.2) is 11.5 Å². The lowest BCUT2D eigenvalue weighted by Gasteiger charge is -2.13. The summed E-state index contributed by atoms with van der Waals surface area (Å²) in [6.07, 6.45) is 0. The predicted octanol–water partition coefficient (Wildman–Crippen LogP) is 2.38. The summed E-state index contributed by atoms with van der Waals surface area (Å²) in [7, 11) is 3.42. The van der Waals surface area contributed by atoms with Crippen molar-refractivity contribution in [1.29, 1.82) is 0 Å². The van der Waals surface area contributed by atoms with E-state index in [1.165, 1.54) is 11.3 Å². The number of methoxy groups -OCH3 is 3. The van der Waals surface area contributed by atoms with Gasteiger partial charge < -0.3 is 18.9 Å². The Morgan fingerprint density at radius 3 is 2.29 bits per heavy atom. The highest BCUT2D eigenvalue weighted by Crippen LogP contribution is 2.41. The number of nitrogens with zero attached hydrogens (tertiary/aromatic N) is 2. The summed E-state index contributed by atoms with van der Waals surface area (Å²) in [5, 5.41) is 8.78. The van der Waals surface area contributed by atoms with Crippen LogP contribution in [0.3, 0.4) is 0 Å². The summed E-state index contributed by atoms with van der Waals surface area (Å²) in [6.45, 7) is 2.93. The van der Waals surface area contributed by atoms with Gasteiger partial charge in [-0.25, -0.2) is 0 Å². The molecule has 1 unspecified atom stereocenters. The van der Waals surface area contributed by atoms with E-state index in [1.807, 2.05) is 6.92 Å². The normalized spacial score (nSPS) is 12.0. The van der Waals surface area contributed by atoms with Crippen molar-refractivity contribution in [2.75, 3.05) is 40.3 Å². The molecule has 2 rings (SSSR count). The Morgan fingerprint density at radius 1 is 1.08 bits per heavy atom. The zero-order valence-electron chi connectivity index (χ0n) is 14.0. The fourth-order valence-corrected chi connectivity index (χ4v) is 3.99. The molecular formula is C15H20N2O5S2. The molecule has 132 valence electrons. The first kappa shape index (κ1) is 18.6. The third-order valence-electron chi connectivity index (χ3n) is 3.13. The van der Waals surface area contributed by atoms with Crippen molar-refractivity contribution in [1.82, 2.24) is 10.2 Å². The number of rotatable bonds is 9. The maximum absolute atomic E-state index is 12.2. The lowest BCUT2D eigenvalue weighted by atomic mass is 10.2. The predicted molar refractivity (Wildman–Crippen MR) is 92.8 cm³/mol.